The van der Waals surface area contributed by atoms with Crippen molar-refractivity contribution >= 4 is 11.8 Å². The van der Waals surface area contributed by atoms with E-state index in [-0.39, 0.29) is 24.3 Å². The van der Waals surface area contributed by atoms with Gasteiger partial charge in [-0.1, -0.05) is 12.8 Å². The highest BCUT2D eigenvalue weighted by Gasteiger charge is 2.22. The van der Waals surface area contributed by atoms with Crippen LogP contribution in [0.3, 0.4) is 0 Å². The van der Waals surface area contributed by atoms with Crippen LogP contribution in [0.4, 0.5) is 0 Å². The summed E-state index contributed by atoms with van der Waals surface area (Å²) in [6.45, 7) is 1.17. The minimum Gasteiger partial charge on any atom is -0.396 e. The predicted molar refractivity (Wildman–Crippen MR) is 68.9 cm³/mol. The van der Waals surface area contributed by atoms with E-state index in [0.717, 1.165) is 32.1 Å². The van der Waals surface area contributed by atoms with Gasteiger partial charge in [0.15, 0.2) is 0 Å². The molecule has 18 heavy (non-hydrogen) atoms. The van der Waals surface area contributed by atoms with Crippen LogP contribution in [0.1, 0.15) is 44.9 Å². The molecule has 1 aliphatic rings. The van der Waals surface area contributed by atoms with Gasteiger partial charge in [-0.3, -0.25) is 9.59 Å². The highest BCUT2D eigenvalue weighted by Crippen LogP contribution is 2.24. The molecule has 1 saturated carbocycles. The SMILES string of the molecule is O=C(CCNC(=O)C1CCCC1)NCCCCO. The summed E-state index contributed by atoms with van der Waals surface area (Å²) in [5.74, 6) is 0.220. The number of nitrogens with one attached hydrogen (secondary N) is 2. The molecule has 1 aliphatic carbocycles. The summed E-state index contributed by atoms with van der Waals surface area (Å²) in [5, 5.41) is 14.2. The first-order chi connectivity index (χ1) is 8.74. The maximum absolute atomic E-state index is 11.7. The Hall–Kier alpha value is -1.10. The summed E-state index contributed by atoms with van der Waals surface area (Å²) in [5.41, 5.74) is 0. The maximum Gasteiger partial charge on any atom is 0.223 e. The summed E-state index contributed by atoms with van der Waals surface area (Å²) in [4.78, 5) is 23.0. The van der Waals surface area contributed by atoms with Crippen LogP contribution in [0, 0.1) is 5.92 Å². The van der Waals surface area contributed by atoms with E-state index in [2.05, 4.69) is 10.6 Å². The van der Waals surface area contributed by atoms with Gasteiger partial charge in [0, 0.05) is 32.0 Å². The minimum atomic E-state index is -0.0420. The highest BCUT2D eigenvalue weighted by molar-refractivity contribution is 5.80. The van der Waals surface area contributed by atoms with Crippen LogP contribution >= 0.6 is 0 Å². The van der Waals surface area contributed by atoms with E-state index in [1.165, 1.54) is 0 Å². The topological polar surface area (TPSA) is 78.4 Å². The second-order valence-corrected chi connectivity index (χ2v) is 4.80. The van der Waals surface area contributed by atoms with E-state index < -0.39 is 0 Å². The number of rotatable bonds is 8. The summed E-state index contributed by atoms with van der Waals surface area (Å²) < 4.78 is 0. The predicted octanol–water partition coefficient (Wildman–Crippen LogP) is 0.572. The largest absolute Gasteiger partial charge is 0.396 e. The van der Waals surface area contributed by atoms with E-state index in [0.29, 0.717) is 25.9 Å². The molecule has 5 heteroatoms. The van der Waals surface area contributed by atoms with E-state index >= 15 is 0 Å². The first-order valence-electron chi connectivity index (χ1n) is 6.89. The van der Waals surface area contributed by atoms with Crippen molar-refractivity contribution in [1.29, 1.82) is 0 Å². The molecular weight excluding hydrogens is 232 g/mol. The Morgan fingerprint density at radius 3 is 2.44 bits per heavy atom. The number of hydrogen-bond donors (Lipinski definition) is 3. The molecule has 0 heterocycles. The summed E-state index contributed by atoms with van der Waals surface area (Å²) in [6.07, 6.45) is 6.08. The molecule has 0 aromatic rings. The molecule has 1 fully saturated rings. The molecule has 0 aromatic heterocycles. The van der Waals surface area contributed by atoms with E-state index in [1.807, 2.05) is 0 Å². The van der Waals surface area contributed by atoms with Crippen LogP contribution in [-0.4, -0.2) is 36.6 Å². The van der Waals surface area contributed by atoms with Gasteiger partial charge in [0.25, 0.3) is 0 Å². The van der Waals surface area contributed by atoms with Gasteiger partial charge < -0.3 is 15.7 Å². The average molecular weight is 256 g/mol. The molecule has 0 aromatic carbocycles. The monoisotopic (exact) mass is 256 g/mol. The number of unbranched alkanes of at least 4 members (excludes halogenated alkanes) is 1. The first kappa shape index (κ1) is 15.0. The van der Waals surface area contributed by atoms with Gasteiger partial charge in [-0.05, 0) is 25.7 Å². The van der Waals surface area contributed by atoms with Crippen LogP contribution < -0.4 is 10.6 Å². The Labute approximate surface area is 108 Å². The molecule has 1 rings (SSSR count). The molecule has 5 nitrogen and oxygen atoms in total. The van der Waals surface area contributed by atoms with Gasteiger partial charge in [0.05, 0.1) is 0 Å². The first-order valence-corrected chi connectivity index (χ1v) is 6.89. The van der Waals surface area contributed by atoms with Crippen LogP contribution in [0.5, 0.6) is 0 Å². The van der Waals surface area contributed by atoms with Crippen molar-refractivity contribution in [2.45, 2.75) is 44.9 Å². The van der Waals surface area contributed by atoms with Crippen LogP contribution in [0.25, 0.3) is 0 Å². The highest BCUT2D eigenvalue weighted by atomic mass is 16.3. The molecule has 0 aliphatic heterocycles. The number of aliphatic hydroxyl groups is 1. The summed E-state index contributed by atoms with van der Waals surface area (Å²) in [7, 11) is 0. The fourth-order valence-corrected chi connectivity index (χ4v) is 2.18. The molecule has 0 unspecified atom stereocenters. The zero-order valence-corrected chi connectivity index (χ0v) is 10.9. The summed E-state index contributed by atoms with van der Waals surface area (Å²) in [6, 6.07) is 0. The molecule has 2 amide bonds. The van der Waals surface area contributed by atoms with Gasteiger partial charge in [0.1, 0.15) is 0 Å². The van der Waals surface area contributed by atoms with Crippen molar-refractivity contribution in [2.24, 2.45) is 5.92 Å². The van der Waals surface area contributed by atoms with Crippen LogP contribution in [0.15, 0.2) is 0 Å². The molecule has 0 bridgehead atoms. The second kappa shape index (κ2) is 8.91. The number of amides is 2. The third-order valence-electron chi connectivity index (χ3n) is 3.28. The molecule has 0 saturated heterocycles. The van der Waals surface area contributed by atoms with Crippen LogP contribution in [-0.2, 0) is 9.59 Å². The second-order valence-electron chi connectivity index (χ2n) is 4.80. The number of hydrogen-bond acceptors (Lipinski definition) is 3. The van der Waals surface area contributed by atoms with Crippen molar-refractivity contribution in [3.8, 4) is 0 Å². The molecule has 0 spiro atoms. The Morgan fingerprint density at radius 1 is 1.06 bits per heavy atom. The number of carbonyl (C=O) groups excluding carboxylic acids is 2. The minimum absolute atomic E-state index is 0.0420. The maximum atomic E-state index is 11.7. The lowest BCUT2D eigenvalue weighted by Crippen LogP contribution is -2.33. The van der Waals surface area contributed by atoms with E-state index in [4.69, 9.17) is 5.11 Å². The van der Waals surface area contributed by atoms with Gasteiger partial charge in [0.2, 0.25) is 11.8 Å². The quantitative estimate of drug-likeness (QED) is 0.556. The Morgan fingerprint density at radius 2 is 1.78 bits per heavy atom. The van der Waals surface area contributed by atoms with Gasteiger partial charge >= 0.3 is 0 Å². The standard InChI is InChI=1S/C13H24N2O3/c16-10-4-3-8-14-12(17)7-9-15-13(18)11-5-1-2-6-11/h11,16H,1-10H2,(H,14,17)(H,15,18). The van der Waals surface area contributed by atoms with Crippen molar-refractivity contribution in [2.75, 3.05) is 19.7 Å². The third kappa shape index (κ3) is 6.00. The molecule has 3 N–H and O–H groups in total. The molecule has 104 valence electrons. The fourth-order valence-electron chi connectivity index (χ4n) is 2.18. The van der Waals surface area contributed by atoms with Crippen molar-refractivity contribution in [1.82, 2.24) is 10.6 Å². The zero-order chi connectivity index (χ0) is 13.2. The number of aliphatic hydroxyl groups excluding tert-OH is 1. The fraction of sp³-hybridized carbons (Fsp3) is 0.846. The summed E-state index contributed by atoms with van der Waals surface area (Å²) >= 11 is 0. The average Bonchev–Trinajstić information content (AvgIpc) is 2.88. The lowest BCUT2D eigenvalue weighted by atomic mass is 10.1. The van der Waals surface area contributed by atoms with E-state index in [9.17, 15) is 9.59 Å². The Balaban J connectivity index is 1.99. The van der Waals surface area contributed by atoms with E-state index in [1.54, 1.807) is 0 Å². The zero-order valence-electron chi connectivity index (χ0n) is 10.9. The van der Waals surface area contributed by atoms with Crippen molar-refractivity contribution in [3.05, 3.63) is 0 Å². The van der Waals surface area contributed by atoms with Gasteiger partial charge in [-0.15, -0.1) is 0 Å². The number of carbonyl (C=O) groups is 2. The lowest BCUT2D eigenvalue weighted by Gasteiger charge is -2.10. The van der Waals surface area contributed by atoms with Crippen molar-refractivity contribution in [3.63, 3.8) is 0 Å². The molecule has 0 atom stereocenters. The smallest absolute Gasteiger partial charge is 0.223 e. The molecule has 0 radical (unpaired) electrons. The lowest BCUT2D eigenvalue weighted by molar-refractivity contribution is -0.125. The third-order valence-corrected chi connectivity index (χ3v) is 3.28. The molecular formula is C13H24N2O3. The van der Waals surface area contributed by atoms with Crippen molar-refractivity contribution < 1.29 is 14.7 Å². The van der Waals surface area contributed by atoms with Gasteiger partial charge in [-0.25, -0.2) is 0 Å². The van der Waals surface area contributed by atoms with Crippen LogP contribution in [0.2, 0.25) is 0 Å². The van der Waals surface area contributed by atoms with Gasteiger partial charge in [-0.2, -0.15) is 0 Å². The normalized spacial score (nSPS) is 15.6. The Bertz CT molecular complexity index is 263. The Kier molecular flexibility index (Phi) is 7.41.